The van der Waals surface area contributed by atoms with Gasteiger partial charge >= 0.3 is 0 Å². The Kier molecular flexibility index (Phi) is 7.09. The van der Waals surface area contributed by atoms with Crippen LogP contribution in [0.3, 0.4) is 0 Å². The molecule has 31 heavy (non-hydrogen) atoms. The van der Waals surface area contributed by atoms with Gasteiger partial charge in [-0.15, -0.1) is 0 Å². The molecule has 0 aliphatic heterocycles. The average Bonchev–Trinajstić information content (AvgIpc) is 2.73. The molecule has 0 bridgehead atoms. The maximum atomic E-state index is 13.2. The lowest BCUT2D eigenvalue weighted by Crippen LogP contribution is -2.33. The molecule has 0 radical (unpaired) electrons. The van der Waals surface area contributed by atoms with E-state index in [9.17, 15) is 18.3 Å². The van der Waals surface area contributed by atoms with Crippen molar-refractivity contribution < 1.29 is 18.3 Å². The van der Waals surface area contributed by atoms with E-state index in [1.807, 2.05) is 43.3 Å². The van der Waals surface area contributed by atoms with E-state index in [1.54, 1.807) is 31.2 Å². The van der Waals surface area contributed by atoms with E-state index < -0.39 is 10.0 Å². The lowest BCUT2D eigenvalue weighted by molar-refractivity contribution is 0.0707. The van der Waals surface area contributed by atoms with Crippen LogP contribution in [-0.4, -0.2) is 37.5 Å². The zero-order chi connectivity index (χ0) is 22.4. The van der Waals surface area contributed by atoms with Gasteiger partial charge in [0.05, 0.1) is 11.5 Å². The number of sulfonamides is 1. The van der Waals surface area contributed by atoms with E-state index in [0.29, 0.717) is 17.8 Å². The average molecular weight is 439 g/mol. The number of nitrogens with zero attached hydrogens (tertiary/aromatic N) is 1. The highest BCUT2D eigenvalue weighted by molar-refractivity contribution is 7.92. The summed E-state index contributed by atoms with van der Waals surface area (Å²) >= 11 is 0. The fourth-order valence-electron chi connectivity index (χ4n) is 3.27. The van der Waals surface area contributed by atoms with Crippen LogP contribution in [0, 0.1) is 13.8 Å². The topological polar surface area (TPSA) is 86.7 Å². The SMILES string of the molecule is Cc1cccc(NS(=O)(=O)c2ccc(C)c(C(=O)N(CCO)Cc3ccccc3)c2)c1. The number of amides is 1. The molecule has 0 atom stereocenters. The molecule has 3 rings (SSSR count). The number of nitrogens with one attached hydrogen (secondary N) is 1. The second-order valence-corrected chi connectivity index (χ2v) is 9.07. The predicted molar refractivity (Wildman–Crippen MR) is 121 cm³/mol. The molecule has 0 saturated heterocycles. The number of hydrogen-bond acceptors (Lipinski definition) is 4. The first kappa shape index (κ1) is 22.5. The molecular weight excluding hydrogens is 412 g/mol. The van der Waals surface area contributed by atoms with E-state index in [0.717, 1.165) is 11.1 Å². The molecule has 0 unspecified atom stereocenters. The van der Waals surface area contributed by atoms with Crippen molar-refractivity contribution in [3.05, 3.63) is 95.1 Å². The second kappa shape index (κ2) is 9.76. The molecule has 6 nitrogen and oxygen atoms in total. The fraction of sp³-hybridized carbons (Fsp3) is 0.208. The van der Waals surface area contributed by atoms with Crippen LogP contribution in [0.5, 0.6) is 0 Å². The van der Waals surface area contributed by atoms with Crippen molar-refractivity contribution in [1.29, 1.82) is 0 Å². The van der Waals surface area contributed by atoms with Crippen LogP contribution in [0.2, 0.25) is 0 Å². The normalized spacial score (nSPS) is 11.2. The number of aryl methyl sites for hydroxylation is 2. The summed E-state index contributed by atoms with van der Waals surface area (Å²) in [6, 6.07) is 21.0. The third-order valence-corrected chi connectivity index (χ3v) is 6.27. The first-order chi connectivity index (χ1) is 14.8. The zero-order valence-corrected chi connectivity index (χ0v) is 18.4. The summed E-state index contributed by atoms with van der Waals surface area (Å²) in [4.78, 5) is 14.8. The molecule has 2 N–H and O–H groups in total. The summed E-state index contributed by atoms with van der Waals surface area (Å²) in [5.41, 5.74) is 3.26. The van der Waals surface area contributed by atoms with E-state index in [1.165, 1.54) is 17.0 Å². The molecular formula is C24H26N2O4S. The Bertz CT molecular complexity index is 1160. The van der Waals surface area contributed by atoms with Gasteiger partial charge in [0, 0.05) is 24.3 Å². The van der Waals surface area contributed by atoms with Crippen LogP contribution >= 0.6 is 0 Å². The van der Waals surface area contributed by atoms with E-state index in [2.05, 4.69) is 4.72 Å². The van der Waals surface area contributed by atoms with Gasteiger partial charge in [0.1, 0.15) is 0 Å². The van der Waals surface area contributed by atoms with Gasteiger partial charge in [-0.05, 0) is 54.8 Å². The molecule has 0 spiro atoms. The number of aliphatic hydroxyl groups is 1. The van der Waals surface area contributed by atoms with Crippen molar-refractivity contribution in [1.82, 2.24) is 4.90 Å². The molecule has 7 heteroatoms. The predicted octanol–water partition coefficient (Wildman–Crippen LogP) is 3.74. The third kappa shape index (κ3) is 5.71. The summed E-state index contributed by atoms with van der Waals surface area (Å²) in [6.45, 7) is 3.91. The molecule has 162 valence electrons. The Morgan fingerprint density at radius 3 is 2.39 bits per heavy atom. The zero-order valence-electron chi connectivity index (χ0n) is 17.6. The Morgan fingerprint density at radius 2 is 1.71 bits per heavy atom. The van der Waals surface area contributed by atoms with Crippen molar-refractivity contribution in [2.75, 3.05) is 17.9 Å². The van der Waals surface area contributed by atoms with Crippen molar-refractivity contribution in [2.24, 2.45) is 0 Å². The van der Waals surface area contributed by atoms with Gasteiger partial charge in [0.15, 0.2) is 0 Å². The first-order valence-corrected chi connectivity index (χ1v) is 11.4. The molecule has 3 aromatic rings. The Balaban J connectivity index is 1.90. The number of hydrogen-bond donors (Lipinski definition) is 2. The minimum atomic E-state index is -3.87. The number of anilines is 1. The van der Waals surface area contributed by atoms with Gasteiger partial charge in [-0.2, -0.15) is 0 Å². The van der Waals surface area contributed by atoms with Gasteiger partial charge in [-0.25, -0.2) is 8.42 Å². The monoisotopic (exact) mass is 438 g/mol. The van der Waals surface area contributed by atoms with Gasteiger partial charge in [0.25, 0.3) is 15.9 Å². The van der Waals surface area contributed by atoms with Gasteiger partial charge in [-0.3, -0.25) is 9.52 Å². The molecule has 3 aromatic carbocycles. The van der Waals surface area contributed by atoms with Crippen LogP contribution in [0.15, 0.2) is 77.7 Å². The lowest BCUT2D eigenvalue weighted by Gasteiger charge is -2.23. The van der Waals surface area contributed by atoms with Gasteiger partial charge in [0.2, 0.25) is 0 Å². The largest absolute Gasteiger partial charge is 0.395 e. The van der Waals surface area contributed by atoms with Crippen LogP contribution in [-0.2, 0) is 16.6 Å². The molecule has 0 aliphatic rings. The van der Waals surface area contributed by atoms with E-state index in [4.69, 9.17) is 0 Å². The van der Waals surface area contributed by atoms with Crippen molar-refractivity contribution in [3.63, 3.8) is 0 Å². The quantitative estimate of drug-likeness (QED) is 0.561. The second-order valence-electron chi connectivity index (χ2n) is 7.39. The number of carbonyl (C=O) groups excluding carboxylic acids is 1. The summed E-state index contributed by atoms with van der Waals surface area (Å²) < 4.78 is 28.4. The maximum Gasteiger partial charge on any atom is 0.261 e. The molecule has 1 amide bonds. The third-order valence-electron chi connectivity index (χ3n) is 4.89. The van der Waals surface area contributed by atoms with Crippen LogP contribution < -0.4 is 4.72 Å². The molecule has 0 saturated carbocycles. The minimum Gasteiger partial charge on any atom is -0.395 e. The molecule has 0 aliphatic carbocycles. The Labute approximate surface area is 183 Å². The summed E-state index contributed by atoms with van der Waals surface area (Å²) in [6.07, 6.45) is 0. The fourth-order valence-corrected chi connectivity index (χ4v) is 4.34. The van der Waals surface area contributed by atoms with Gasteiger partial charge < -0.3 is 10.0 Å². The Hall–Kier alpha value is -3.16. The smallest absolute Gasteiger partial charge is 0.261 e. The van der Waals surface area contributed by atoms with Crippen molar-refractivity contribution >= 4 is 21.6 Å². The maximum absolute atomic E-state index is 13.2. The highest BCUT2D eigenvalue weighted by Crippen LogP contribution is 2.21. The summed E-state index contributed by atoms with van der Waals surface area (Å²) in [5.74, 6) is -0.331. The standard InChI is InChI=1S/C24H26N2O4S/c1-18-7-6-10-21(15-18)25-31(29,30)22-12-11-19(2)23(16-22)24(28)26(13-14-27)17-20-8-4-3-5-9-20/h3-12,15-16,25,27H,13-14,17H2,1-2H3. The van der Waals surface area contributed by atoms with Crippen LogP contribution in [0.4, 0.5) is 5.69 Å². The highest BCUT2D eigenvalue weighted by atomic mass is 32.2. The lowest BCUT2D eigenvalue weighted by atomic mass is 10.1. The molecule has 0 aromatic heterocycles. The summed E-state index contributed by atoms with van der Waals surface area (Å²) in [7, 11) is -3.87. The minimum absolute atomic E-state index is 0.00613. The number of benzene rings is 3. The number of aliphatic hydroxyl groups excluding tert-OH is 1. The van der Waals surface area contributed by atoms with Crippen LogP contribution in [0.25, 0.3) is 0 Å². The van der Waals surface area contributed by atoms with Crippen molar-refractivity contribution in [2.45, 2.75) is 25.3 Å². The molecule has 0 fully saturated rings. The number of rotatable bonds is 8. The van der Waals surface area contributed by atoms with Crippen LogP contribution in [0.1, 0.15) is 27.0 Å². The first-order valence-electron chi connectivity index (χ1n) is 9.94. The van der Waals surface area contributed by atoms with E-state index in [-0.39, 0.29) is 29.5 Å². The highest BCUT2D eigenvalue weighted by Gasteiger charge is 2.22. The van der Waals surface area contributed by atoms with Gasteiger partial charge in [-0.1, -0.05) is 48.5 Å². The van der Waals surface area contributed by atoms with Crippen molar-refractivity contribution in [3.8, 4) is 0 Å². The Morgan fingerprint density at radius 1 is 0.968 bits per heavy atom. The van der Waals surface area contributed by atoms with E-state index >= 15 is 0 Å². The number of carbonyl (C=O) groups is 1. The summed E-state index contributed by atoms with van der Waals surface area (Å²) in [5, 5.41) is 9.45. The molecule has 0 heterocycles.